The molecule has 0 heterocycles. The molecule has 3 N–H and O–H groups in total. The molecule has 5 aromatic carbocycles. The number of hydrogen-bond acceptors (Lipinski definition) is 6. The third kappa shape index (κ3) is 3.87. The van der Waals surface area contributed by atoms with E-state index in [-0.39, 0.29) is 33.3 Å². The molecule has 0 saturated heterocycles. The minimum absolute atomic E-state index is 0.0817. The molecule has 35 heavy (non-hydrogen) atoms. The molecule has 0 fully saturated rings. The summed E-state index contributed by atoms with van der Waals surface area (Å²) in [5.74, 6) is -0.202. The van der Waals surface area contributed by atoms with Crippen LogP contribution in [0.4, 0.5) is 11.4 Å². The first kappa shape index (κ1) is 22.2. The van der Waals surface area contributed by atoms with Gasteiger partial charge in [0.1, 0.15) is 11.5 Å². The molecule has 9 heteroatoms. The van der Waals surface area contributed by atoms with Crippen molar-refractivity contribution in [3.8, 4) is 22.6 Å². The topological polar surface area (TPSA) is 130 Å². The van der Waals surface area contributed by atoms with Crippen molar-refractivity contribution >= 4 is 42.9 Å². The first-order chi connectivity index (χ1) is 16.8. The molecule has 0 bridgehead atoms. The summed E-state index contributed by atoms with van der Waals surface area (Å²) in [5, 5.41) is 35.3. The van der Waals surface area contributed by atoms with Crippen molar-refractivity contribution < 1.29 is 23.6 Å². The number of sulfonamides is 1. The zero-order valence-electron chi connectivity index (χ0n) is 18.0. The van der Waals surface area contributed by atoms with Crippen LogP contribution in [0.3, 0.4) is 0 Å². The third-order valence-electron chi connectivity index (χ3n) is 5.78. The van der Waals surface area contributed by atoms with Crippen molar-refractivity contribution in [2.45, 2.75) is 4.90 Å². The van der Waals surface area contributed by atoms with Gasteiger partial charge in [0, 0.05) is 34.0 Å². The van der Waals surface area contributed by atoms with Crippen LogP contribution in [-0.4, -0.2) is 23.6 Å². The third-order valence-corrected chi connectivity index (χ3v) is 7.14. The Bertz CT molecular complexity index is 1750. The highest BCUT2D eigenvalue weighted by molar-refractivity contribution is 7.92. The molecular formula is C26H18N2O6S. The number of benzene rings is 5. The van der Waals surface area contributed by atoms with E-state index in [1.807, 2.05) is 12.1 Å². The fourth-order valence-electron chi connectivity index (χ4n) is 4.15. The number of aromatic hydroxyl groups is 2. The van der Waals surface area contributed by atoms with Gasteiger partial charge in [0.05, 0.1) is 15.5 Å². The SMILES string of the molecule is O=[N+]([O-])c1cccc(S(=O)(=O)Nc2cc(-c3c(O)ccc4ccccc34)c(O)c3ccccc23)c1. The van der Waals surface area contributed by atoms with Crippen molar-refractivity contribution in [1.82, 2.24) is 0 Å². The summed E-state index contributed by atoms with van der Waals surface area (Å²) in [6.45, 7) is 0. The Morgan fingerprint density at radius 2 is 1.46 bits per heavy atom. The standard InChI is InChI=1S/C26H18N2O6S/c29-24-13-12-16-6-1-2-9-19(16)25(24)22-15-23(20-10-3-4-11-21(20)26(22)30)27-35(33,34)18-8-5-7-17(14-18)28(31)32/h1-15,27,29-30H. The van der Waals surface area contributed by atoms with E-state index in [9.17, 15) is 28.7 Å². The lowest BCUT2D eigenvalue weighted by Gasteiger charge is -2.17. The van der Waals surface area contributed by atoms with Crippen LogP contribution in [0, 0.1) is 10.1 Å². The van der Waals surface area contributed by atoms with Crippen LogP contribution in [0.15, 0.2) is 95.9 Å². The smallest absolute Gasteiger partial charge is 0.270 e. The van der Waals surface area contributed by atoms with E-state index in [4.69, 9.17) is 0 Å². The Kier molecular flexibility index (Phi) is 5.26. The summed E-state index contributed by atoms with van der Waals surface area (Å²) in [6.07, 6.45) is 0. The maximum absolute atomic E-state index is 13.2. The van der Waals surface area contributed by atoms with Gasteiger partial charge in [0.25, 0.3) is 15.7 Å². The lowest BCUT2D eigenvalue weighted by molar-refractivity contribution is -0.385. The number of rotatable bonds is 5. The molecule has 0 amide bonds. The fourth-order valence-corrected chi connectivity index (χ4v) is 5.26. The van der Waals surface area contributed by atoms with E-state index >= 15 is 0 Å². The molecular weight excluding hydrogens is 468 g/mol. The van der Waals surface area contributed by atoms with Crippen LogP contribution in [0.5, 0.6) is 11.5 Å². The number of anilines is 1. The molecule has 0 atom stereocenters. The molecule has 0 aliphatic heterocycles. The largest absolute Gasteiger partial charge is 0.507 e. The van der Waals surface area contributed by atoms with Crippen molar-refractivity contribution in [3.63, 3.8) is 0 Å². The van der Waals surface area contributed by atoms with Crippen molar-refractivity contribution in [1.29, 1.82) is 0 Å². The molecule has 5 rings (SSSR count). The Hall–Kier alpha value is -4.63. The Labute approximate surface area is 199 Å². The Morgan fingerprint density at radius 1 is 0.771 bits per heavy atom. The second kappa shape index (κ2) is 8.30. The number of nitro benzene ring substituents is 1. The predicted molar refractivity (Wildman–Crippen MR) is 134 cm³/mol. The first-order valence-corrected chi connectivity index (χ1v) is 12.0. The van der Waals surface area contributed by atoms with E-state index in [0.29, 0.717) is 21.7 Å². The summed E-state index contributed by atoms with van der Waals surface area (Å²) >= 11 is 0. The van der Waals surface area contributed by atoms with E-state index in [2.05, 4.69) is 4.72 Å². The zero-order chi connectivity index (χ0) is 24.7. The minimum Gasteiger partial charge on any atom is -0.507 e. The van der Waals surface area contributed by atoms with Gasteiger partial charge in [-0.25, -0.2) is 8.42 Å². The first-order valence-electron chi connectivity index (χ1n) is 10.5. The maximum atomic E-state index is 13.2. The number of nitrogens with zero attached hydrogens (tertiary/aromatic N) is 1. The fraction of sp³-hybridized carbons (Fsp3) is 0. The summed E-state index contributed by atoms with van der Waals surface area (Å²) < 4.78 is 28.9. The van der Waals surface area contributed by atoms with Gasteiger partial charge in [-0.15, -0.1) is 0 Å². The van der Waals surface area contributed by atoms with Gasteiger partial charge < -0.3 is 10.2 Å². The predicted octanol–water partition coefficient (Wildman–Crippen LogP) is 5.78. The number of phenolic OH excluding ortho intramolecular Hbond substituents is 2. The van der Waals surface area contributed by atoms with Crippen molar-refractivity contribution in [3.05, 3.63) is 101 Å². The monoisotopic (exact) mass is 486 g/mol. The minimum atomic E-state index is -4.22. The van der Waals surface area contributed by atoms with Crippen LogP contribution < -0.4 is 4.72 Å². The van der Waals surface area contributed by atoms with E-state index in [0.717, 1.165) is 11.5 Å². The van der Waals surface area contributed by atoms with Gasteiger partial charge in [-0.1, -0.05) is 60.7 Å². The second-order valence-electron chi connectivity index (χ2n) is 7.91. The van der Waals surface area contributed by atoms with Crippen molar-refractivity contribution in [2.75, 3.05) is 4.72 Å². The highest BCUT2D eigenvalue weighted by Gasteiger charge is 2.22. The highest BCUT2D eigenvalue weighted by atomic mass is 32.2. The zero-order valence-corrected chi connectivity index (χ0v) is 18.9. The molecule has 0 aliphatic carbocycles. The number of nitro groups is 1. The van der Waals surface area contributed by atoms with Crippen LogP contribution >= 0.6 is 0 Å². The quantitative estimate of drug-likeness (QED) is 0.164. The maximum Gasteiger partial charge on any atom is 0.270 e. The van der Waals surface area contributed by atoms with Crippen LogP contribution in [-0.2, 0) is 10.0 Å². The molecule has 8 nitrogen and oxygen atoms in total. The highest BCUT2D eigenvalue weighted by Crippen LogP contribution is 2.46. The number of fused-ring (bicyclic) bond motifs is 2. The van der Waals surface area contributed by atoms with Crippen LogP contribution in [0.1, 0.15) is 0 Å². The summed E-state index contributed by atoms with van der Waals surface area (Å²) in [7, 11) is -4.22. The van der Waals surface area contributed by atoms with Gasteiger partial charge in [-0.05, 0) is 29.0 Å². The average molecular weight is 487 g/mol. The summed E-state index contributed by atoms with van der Waals surface area (Å²) in [4.78, 5) is 10.2. The lowest BCUT2D eigenvalue weighted by Crippen LogP contribution is -2.13. The second-order valence-corrected chi connectivity index (χ2v) is 9.59. The molecule has 0 saturated carbocycles. The number of phenols is 2. The van der Waals surface area contributed by atoms with Gasteiger partial charge in [-0.2, -0.15) is 0 Å². The van der Waals surface area contributed by atoms with Crippen LogP contribution in [0.2, 0.25) is 0 Å². The molecule has 0 radical (unpaired) electrons. The number of non-ortho nitro benzene ring substituents is 1. The Morgan fingerprint density at radius 3 is 2.20 bits per heavy atom. The lowest BCUT2D eigenvalue weighted by atomic mass is 9.93. The van der Waals surface area contributed by atoms with Crippen molar-refractivity contribution in [2.24, 2.45) is 0 Å². The van der Waals surface area contributed by atoms with E-state index in [1.165, 1.54) is 30.3 Å². The molecule has 0 aromatic heterocycles. The summed E-state index contributed by atoms with van der Waals surface area (Å²) in [6, 6.07) is 23.4. The van der Waals surface area contributed by atoms with Crippen LogP contribution in [0.25, 0.3) is 32.7 Å². The molecule has 0 aliphatic rings. The van der Waals surface area contributed by atoms with Gasteiger partial charge >= 0.3 is 0 Å². The average Bonchev–Trinajstić information content (AvgIpc) is 2.86. The van der Waals surface area contributed by atoms with E-state index in [1.54, 1.807) is 42.5 Å². The molecule has 174 valence electrons. The Balaban J connectivity index is 1.74. The van der Waals surface area contributed by atoms with E-state index < -0.39 is 14.9 Å². The molecule has 0 spiro atoms. The van der Waals surface area contributed by atoms with Gasteiger partial charge in [0.2, 0.25) is 0 Å². The van der Waals surface area contributed by atoms with Gasteiger partial charge in [0.15, 0.2) is 0 Å². The number of nitrogens with one attached hydrogen (secondary N) is 1. The van der Waals surface area contributed by atoms with Gasteiger partial charge in [-0.3, -0.25) is 14.8 Å². The molecule has 0 unspecified atom stereocenters. The number of hydrogen-bond donors (Lipinski definition) is 3. The molecule has 5 aromatic rings. The summed E-state index contributed by atoms with van der Waals surface area (Å²) in [5.41, 5.74) is 0.369. The normalized spacial score (nSPS) is 11.5.